The van der Waals surface area contributed by atoms with Crippen LogP contribution in [-0.2, 0) is 0 Å². The Hall–Kier alpha value is -3.51. The Kier molecular flexibility index (Phi) is 4.88. The molecule has 0 amide bonds. The maximum Gasteiger partial charge on any atom is 0.337 e. The highest BCUT2D eigenvalue weighted by molar-refractivity contribution is 6.18. The van der Waals surface area contributed by atoms with Crippen molar-refractivity contribution in [2.75, 3.05) is 0 Å². The second-order valence-electron chi connectivity index (χ2n) is 4.19. The van der Waals surface area contributed by atoms with Crippen LogP contribution >= 0.6 is 0 Å². The zero-order chi connectivity index (χ0) is 18.9. The minimum absolute atomic E-state index is 1.46. The largest absolute Gasteiger partial charge is 0.478 e. The fourth-order valence-corrected chi connectivity index (χ4v) is 2.11. The van der Waals surface area contributed by atoms with Gasteiger partial charge < -0.3 is 35.7 Å². The smallest absolute Gasteiger partial charge is 0.337 e. The van der Waals surface area contributed by atoms with Gasteiger partial charge in [0, 0.05) is 5.56 Å². The third-order valence-corrected chi connectivity index (χ3v) is 2.87. The van der Waals surface area contributed by atoms with E-state index >= 15 is 0 Å². The van der Waals surface area contributed by atoms with Crippen LogP contribution < -0.4 is 0 Å². The summed E-state index contributed by atoms with van der Waals surface area (Å²) in [4.78, 5) is 56.3. The van der Waals surface area contributed by atoms with E-state index in [4.69, 9.17) is 25.5 Å². The third kappa shape index (κ3) is 2.86. The molecule has 0 aliphatic heterocycles. The SMILES string of the molecule is O=C(O)c1c(C(=O)O)c(C(=O)O)c(C(O)O)c(C(=O)O)c1C(=O)O. The maximum absolute atomic E-state index is 11.3. The topological polar surface area (TPSA) is 227 Å². The molecule has 0 fully saturated rings. The fourth-order valence-electron chi connectivity index (χ4n) is 2.11. The zero-order valence-corrected chi connectivity index (χ0v) is 11.2. The van der Waals surface area contributed by atoms with Gasteiger partial charge in [0.15, 0.2) is 6.29 Å². The van der Waals surface area contributed by atoms with Crippen LogP contribution in [0.2, 0.25) is 0 Å². The predicted molar refractivity (Wildman–Crippen MR) is 68.4 cm³/mol. The molecule has 0 aromatic heterocycles. The first-order valence-electron chi connectivity index (χ1n) is 5.69. The van der Waals surface area contributed by atoms with E-state index in [0.717, 1.165) is 0 Å². The summed E-state index contributed by atoms with van der Waals surface area (Å²) in [6, 6.07) is 0. The molecule has 0 unspecified atom stereocenters. The second-order valence-corrected chi connectivity index (χ2v) is 4.19. The van der Waals surface area contributed by atoms with Crippen molar-refractivity contribution < 1.29 is 59.7 Å². The van der Waals surface area contributed by atoms with E-state index < -0.39 is 69.5 Å². The number of aromatic carboxylic acids is 5. The van der Waals surface area contributed by atoms with Gasteiger partial charge in [-0.05, 0) is 0 Å². The Morgan fingerprint density at radius 3 is 0.875 bits per heavy atom. The number of carbonyl (C=O) groups is 5. The van der Waals surface area contributed by atoms with Crippen molar-refractivity contribution in [3.63, 3.8) is 0 Å². The number of carboxylic acid groups (broad SMARTS) is 5. The highest BCUT2D eigenvalue weighted by Crippen LogP contribution is 2.32. The first-order chi connectivity index (χ1) is 10.9. The van der Waals surface area contributed by atoms with E-state index in [9.17, 15) is 34.2 Å². The Morgan fingerprint density at radius 2 is 0.708 bits per heavy atom. The normalized spacial score (nSPS) is 10.5. The summed E-state index contributed by atoms with van der Waals surface area (Å²) in [5.74, 6) is -11.1. The number of carboxylic acids is 5. The van der Waals surface area contributed by atoms with Crippen molar-refractivity contribution in [3.8, 4) is 0 Å². The van der Waals surface area contributed by atoms with Crippen molar-refractivity contribution in [1.82, 2.24) is 0 Å². The molecule has 0 spiro atoms. The van der Waals surface area contributed by atoms with Crippen molar-refractivity contribution in [3.05, 3.63) is 33.4 Å². The molecule has 7 N–H and O–H groups in total. The first-order valence-corrected chi connectivity index (χ1v) is 5.69. The quantitative estimate of drug-likeness (QED) is 0.313. The lowest BCUT2D eigenvalue weighted by Gasteiger charge is -2.19. The van der Waals surface area contributed by atoms with Gasteiger partial charge in [0.25, 0.3) is 0 Å². The highest BCUT2D eigenvalue weighted by atomic mass is 16.5. The molecule has 12 nitrogen and oxygen atoms in total. The summed E-state index contributed by atoms with van der Waals surface area (Å²) >= 11 is 0. The average Bonchev–Trinajstić information content (AvgIpc) is 2.42. The average molecular weight is 344 g/mol. The summed E-state index contributed by atoms with van der Waals surface area (Å²) in [6.45, 7) is 0. The van der Waals surface area contributed by atoms with Crippen LogP contribution in [0.25, 0.3) is 0 Å². The van der Waals surface area contributed by atoms with E-state index in [1.54, 1.807) is 0 Å². The van der Waals surface area contributed by atoms with E-state index in [-0.39, 0.29) is 0 Å². The zero-order valence-electron chi connectivity index (χ0n) is 11.2. The predicted octanol–water partition coefficient (Wildman–Crippen LogP) is -0.839. The summed E-state index contributed by atoms with van der Waals surface area (Å²) in [5.41, 5.74) is -9.39. The van der Waals surface area contributed by atoms with E-state index in [1.165, 1.54) is 0 Å². The van der Waals surface area contributed by atoms with Crippen LogP contribution in [0.1, 0.15) is 63.6 Å². The molecule has 0 aliphatic rings. The molecule has 0 atom stereocenters. The molecule has 12 heteroatoms. The summed E-state index contributed by atoms with van der Waals surface area (Å²) in [6.07, 6.45) is -2.90. The van der Waals surface area contributed by atoms with Crippen LogP contribution in [-0.4, -0.2) is 65.6 Å². The number of benzene rings is 1. The Labute approximate surface area is 130 Å². The molecular weight excluding hydrogens is 336 g/mol. The molecule has 0 radical (unpaired) electrons. The van der Waals surface area contributed by atoms with Gasteiger partial charge in [-0.25, -0.2) is 24.0 Å². The van der Waals surface area contributed by atoms with Gasteiger partial charge in [-0.2, -0.15) is 0 Å². The number of aliphatic hydroxyl groups excluding tert-OH is 1. The van der Waals surface area contributed by atoms with E-state index in [2.05, 4.69) is 0 Å². The lowest BCUT2D eigenvalue weighted by Crippen LogP contribution is -2.27. The summed E-state index contributed by atoms with van der Waals surface area (Å²) < 4.78 is 0. The molecular formula is C12H8O12. The van der Waals surface area contributed by atoms with Crippen molar-refractivity contribution >= 4 is 29.8 Å². The molecule has 128 valence electrons. The summed E-state index contributed by atoms with van der Waals surface area (Å²) in [5, 5.41) is 63.7. The molecule has 0 bridgehead atoms. The second kappa shape index (κ2) is 6.31. The molecule has 24 heavy (non-hydrogen) atoms. The lowest BCUT2D eigenvalue weighted by atomic mass is 9.85. The van der Waals surface area contributed by atoms with E-state index in [0.29, 0.717) is 0 Å². The fraction of sp³-hybridized carbons (Fsp3) is 0.0833. The van der Waals surface area contributed by atoms with Crippen LogP contribution in [0.5, 0.6) is 0 Å². The molecule has 0 heterocycles. The number of hydrogen-bond donors (Lipinski definition) is 7. The van der Waals surface area contributed by atoms with Gasteiger partial charge in [0.2, 0.25) is 0 Å². The third-order valence-electron chi connectivity index (χ3n) is 2.87. The maximum atomic E-state index is 11.3. The van der Waals surface area contributed by atoms with Crippen LogP contribution in [0.4, 0.5) is 0 Å². The van der Waals surface area contributed by atoms with Crippen molar-refractivity contribution in [2.24, 2.45) is 0 Å². The Morgan fingerprint density at radius 1 is 0.500 bits per heavy atom. The minimum atomic E-state index is -2.90. The lowest BCUT2D eigenvalue weighted by molar-refractivity contribution is -0.0441. The molecule has 0 saturated carbocycles. The van der Waals surface area contributed by atoms with Gasteiger partial charge in [0.05, 0.1) is 27.8 Å². The molecule has 1 aromatic carbocycles. The van der Waals surface area contributed by atoms with Gasteiger partial charge in [-0.3, -0.25) is 0 Å². The van der Waals surface area contributed by atoms with Crippen molar-refractivity contribution in [2.45, 2.75) is 6.29 Å². The first kappa shape index (κ1) is 18.5. The Balaban J connectivity index is 4.46. The number of hydrogen-bond acceptors (Lipinski definition) is 7. The highest BCUT2D eigenvalue weighted by Gasteiger charge is 2.39. The molecule has 1 rings (SSSR count). The van der Waals surface area contributed by atoms with Gasteiger partial charge in [0.1, 0.15) is 0 Å². The number of rotatable bonds is 6. The van der Waals surface area contributed by atoms with Gasteiger partial charge in [-0.15, -0.1) is 0 Å². The number of aliphatic hydroxyl groups is 2. The summed E-state index contributed by atoms with van der Waals surface area (Å²) in [7, 11) is 0. The Bertz CT molecular complexity index is 735. The van der Waals surface area contributed by atoms with Crippen LogP contribution in [0.15, 0.2) is 0 Å². The van der Waals surface area contributed by atoms with Crippen LogP contribution in [0, 0.1) is 0 Å². The van der Waals surface area contributed by atoms with E-state index in [1.807, 2.05) is 0 Å². The van der Waals surface area contributed by atoms with Crippen molar-refractivity contribution in [1.29, 1.82) is 0 Å². The monoisotopic (exact) mass is 344 g/mol. The molecule has 1 aromatic rings. The van der Waals surface area contributed by atoms with Gasteiger partial charge in [-0.1, -0.05) is 0 Å². The standard InChI is InChI=1S/C12H8O12/c13-7(14)1-2(8(15)16)4(10(19)20)6(12(23)24)5(11(21)22)3(1)9(17)18/h7,13-14H,(H,15,16)(H,17,18)(H,19,20)(H,21,22)(H,23,24). The minimum Gasteiger partial charge on any atom is -0.478 e. The van der Waals surface area contributed by atoms with Crippen LogP contribution in [0.3, 0.4) is 0 Å². The van der Waals surface area contributed by atoms with Gasteiger partial charge >= 0.3 is 29.8 Å². The molecule has 0 aliphatic carbocycles. The molecule has 0 saturated heterocycles.